The highest BCUT2D eigenvalue weighted by molar-refractivity contribution is 5.92. The van der Waals surface area contributed by atoms with E-state index in [2.05, 4.69) is 12.0 Å². The van der Waals surface area contributed by atoms with E-state index in [-0.39, 0.29) is 11.9 Å². The summed E-state index contributed by atoms with van der Waals surface area (Å²) in [6.45, 7) is 3.50. The second kappa shape index (κ2) is 4.87. The number of amides is 1. The van der Waals surface area contributed by atoms with Crippen LogP contribution >= 0.6 is 0 Å². The van der Waals surface area contributed by atoms with Crippen molar-refractivity contribution in [2.45, 2.75) is 25.8 Å². The highest BCUT2D eigenvalue weighted by Gasteiger charge is 2.32. The lowest BCUT2D eigenvalue weighted by Crippen LogP contribution is -2.51. The minimum atomic E-state index is 0.0481. The summed E-state index contributed by atoms with van der Waals surface area (Å²) in [6, 6.07) is 1.92. The molecule has 2 rings (SSSR count). The number of carbonyl (C=O) groups excluding carboxylic acids is 1. The Morgan fingerprint density at radius 1 is 1.65 bits per heavy atom. The topological polar surface area (TPSA) is 64.2 Å². The quantitative estimate of drug-likeness (QED) is 0.818. The molecule has 94 valence electrons. The van der Waals surface area contributed by atoms with E-state index in [9.17, 15) is 4.79 Å². The molecule has 2 unspecified atom stereocenters. The van der Waals surface area contributed by atoms with Crippen LogP contribution in [-0.2, 0) is 7.05 Å². The predicted molar refractivity (Wildman–Crippen MR) is 65.5 cm³/mol. The molecular weight excluding hydrogens is 216 g/mol. The second-order valence-electron chi connectivity index (χ2n) is 4.76. The van der Waals surface area contributed by atoms with Crippen LogP contribution in [0.15, 0.2) is 12.3 Å². The number of likely N-dealkylation sites (tertiary alicyclic amines) is 1. The molecule has 0 radical (unpaired) electrons. The maximum absolute atomic E-state index is 12.4. The second-order valence-corrected chi connectivity index (χ2v) is 4.76. The minimum Gasteiger partial charge on any atom is -0.333 e. The van der Waals surface area contributed by atoms with Crippen molar-refractivity contribution in [3.8, 4) is 0 Å². The summed E-state index contributed by atoms with van der Waals surface area (Å²) in [6.07, 6.45) is 3.86. The molecule has 0 saturated carbocycles. The van der Waals surface area contributed by atoms with Crippen LogP contribution in [0.25, 0.3) is 0 Å². The van der Waals surface area contributed by atoms with Gasteiger partial charge in [0.05, 0.1) is 0 Å². The first-order valence-electron chi connectivity index (χ1n) is 6.14. The van der Waals surface area contributed by atoms with Gasteiger partial charge in [0.15, 0.2) is 0 Å². The molecule has 1 amide bonds. The Hall–Kier alpha value is -1.36. The van der Waals surface area contributed by atoms with Gasteiger partial charge in [-0.3, -0.25) is 9.48 Å². The number of aryl methyl sites for hydroxylation is 1. The molecule has 0 aliphatic carbocycles. The van der Waals surface area contributed by atoms with Crippen molar-refractivity contribution in [3.63, 3.8) is 0 Å². The fraction of sp³-hybridized carbons (Fsp3) is 0.667. The van der Waals surface area contributed by atoms with Crippen molar-refractivity contribution >= 4 is 5.91 Å². The third-order valence-corrected chi connectivity index (χ3v) is 3.66. The fourth-order valence-corrected chi connectivity index (χ4v) is 2.59. The number of nitrogens with two attached hydrogens (primary N) is 1. The van der Waals surface area contributed by atoms with Gasteiger partial charge in [-0.1, -0.05) is 6.92 Å². The van der Waals surface area contributed by atoms with Crippen LogP contribution in [-0.4, -0.2) is 39.7 Å². The Balaban J connectivity index is 2.21. The molecule has 2 atom stereocenters. The number of carbonyl (C=O) groups is 1. The van der Waals surface area contributed by atoms with Gasteiger partial charge in [0.2, 0.25) is 0 Å². The zero-order valence-electron chi connectivity index (χ0n) is 10.5. The third-order valence-electron chi connectivity index (χ3n) is 3.66. The molecule has 5 heteroatoms. The van der Waals surface area contributed by atoms with Crippen LogP contribution in [0.2, 0.25) is 0 Å². The van der Waals surface area contributed by atoms with Gasteiger partial charge in [-0.05, 0) is 24.8 Å². The average Bonchev–Trinajstić information content (AvgIpc) is 2.74. The summed E-state index contributed by atoms with van der Waals surface area (Å²) in [7, 11) is 1.79. The Labute approximate surface area is 102 Å². The Kier molecular flexibility index (Phi) is 3.47. The summed E-state index contributed by atoms with van der Waals surface area (Å²) in [4.78, 5) is 14.3. The molecule has 1 aliphatic heterocycles. The number of hydrogen-bond donors (Lipinski definition) is 1. The van der Waals surface area contributed by atoms with Crippen molar-refractivity contribution in [3.05, 3.63) is 18.0 Å². The number of rotatable bonds is 2. The van der Waals surface area contributed by atoms with Crippen molar-refractivity contribution in [1.29, 1.82) is 0 Å². The van der Waals surface area contributed by atoms with Crippen LogP contribution in [0, 0.1) is 5.92 Å². The first-order valence-corrected chi connectivity index (χ1v) is 6.14. The average molecular weight is 236 g/mol. The lowest BCUT2D eigenvalue weighted by atomic mass is 9.90. The lowest BCUT2D eigenvalue weighted by Gasteiger charge is -2.39. The molecule has 17 heavy (non-hydrogen) atoms. The maximum atomic E-state index is 12.4. The Bertz CT molecular complexity index is 401. The maximum Gasteiger partial charge on any atom is 0.272 e. The number of piperidine rings is 1. The van der Waals surface area contributed by atoms with Crippen LogP contribution in [0.1, 0.15) is 30.3 Å². The zero-order chi connectivity index (χ0) is 12.4. The first-order chi connectivity index (χ1) is 8.15. The lowest BCUT2D eigenvalue weighted by molar-refractivity contribution is 0.0521. The molecule has 0 bridgehead atoms. The van der Waals surface area contributed by atoms with Gasteiger partial charge in [-0.25, -0.2) is 0 Å². The van der Waals surface area contributed by atoms with Gasteiger partial charge < -0.3 is 10.6 Å². The van der Waals surface area contributed by atoms with Gasteiger partial charge in [0.25, 0.3) is 5.91 Å². The smallest absolute Gasteiger partial charge is 0.272 e. The zero-order valence-corrected chi connectivity index (χ0v) is 10.5. The van der Waals surface area contributed by atoms with Crippen molar-refractivity contribution in [1.82, 2.24) is 14.7 Å². The van der Waals surface area contributed by atoms with E-state index < -0.39 is 0 Å². The number of hydrogen-bond acceptors (Lipinski definition) is 3. The molecular formula is C12H20N4O. The van der Waals surface area contributed by atoms with Gasteiger partial charge in [-0.2, -0.15) is 5.10 Å². The molecule has 5 nitrogen and oxygen atoms in total. The standard InChI is InChI=1S/C12H20N4O/c1-9-4-3-7-16(11(9)8-13)12(17)10-5-6-14-15(10)2/h5-6,9,11H,3-4,7-8,13H2,1-2H3. The SMILES string of the molecule is CC1CCCN(C(=O)c2ccnn2C)C1CN. The monoisotopic (exact) mass is 236 g/mol. The molecule has 1 aliphatic rings. The van der Waals surface area contributed by atoms with Gasteiger partial charge >= 0.3 is 0 Å². The Morgan fingerprint density at radius 3 is 3.00 bits per heavy atom. The molecule has 1 aromatic rings. The van der Waals surface area contributed by atoms with Gasteiger partial charge in [0, 0.05) is 32.4 Å². The molecule has 1 aromatic heterocycles. The normalized spacial score (nSPS) is 25.0. The van der Waals surface area contributed by atoms with Crippen molar-refractivity contribution in [2.24, 2.45) is 18.7 Å². The van der Waals surface area contributed by atoms with E-state index >= 15 is 0 Å². The van der Waals surface area contributed by atoms with Crippen LogP contribution in [0.4, 0.5) is 0 Å². The molecule has 2 heterocycles. The fourth-order valence-electron chi connectivity index (χ4n) is 2.59. The van der Waals surface area contributed by atoms with Gasteiger partial charge in [0.1, 0.15) is 5.69 Å². The number of aromatic nitrogens is 2. The number of nitrogens with zero attached hydrogens (tertiary/aromatic N) is 3. The molecule has 1 fully saturated rings. The van der Waals surface area contributed by atoms with Crippen LogP contribution < -0.4 is 5.73 Å². The van der Waals surface area contributed by atoms with Crippen LogP contribution in [0.5, 0.6) is 0 Å². The first kappa shape index (κ1) is 12.1. The summed E-state index contributed by atoms with van der Waals surface area (Å²) < 4.78 is 1.62. The van der Waals surface area contributed by atoms with Crippen LogP contribution in [0.3, 0.4) is 0 Å². The largest absolute Gasteiger partial charge is 0.333 e. The van der Waals surface area contributed by atoms with Gasteiger partial charge in [-0.15, -0.1) is 0 Å². The Morgan fingerprint density at radius 2 is 2.41 bits per heavy atom. The van der Waals surface area contributed by atoms with Crippen molar-refractivity contribution < 1.29 is 4.79 Å². The van der Waals surface area contributed by atoms with E-state index in [4.69, 9.17) is 5.73 Å². The molecule has 0 aromatic carbocycles. The van der Waals surface area contributed by atoms with Crippen molar-refractivity contribution in [2.75, 3.05) is 13.1 Å². The molecule has 1 saturated heterocycles. The molecule has 2 N–H and O–H groups in total. The highest BCUT2D eigenvalue weighted by atomic mass is 16.2. The summed E-state index contributed by atoms with van der Waals surface area (Å²) in [5.74, 6) is 0.526. The van der Waals surface area contributed by atoms with E-state index in [0.29, 0.717) is 18.2 Å². The summed E-state index contributed by atoms with van der Waals surface area (Å²) in [5, 5.41) is 4.04. The summed E-state index contributed by atoms with van der Waals surface area (Å²) >= 11 is 0. The van der Waals surface area contributed by atoms with E-state index in [1.165, 1.54) is 0 Å². The van der Waals surface area contributed by atoms with E-state index in [1.54, 1.807) is 24.0 Å². The van der Waals surface area contributed by atoms with E-state index in [1.807, 2.05) is 4.90 Å². The molecule has 0 spiro atoms. The van der Waals surface area contributed by atoms with E-state index in [0.717, 1.165) is 19.4 Å². The highest BCUT2D eigenvalue weighted by Crippen LogP contribution is 2.24. The third kappa shape index (κ3) is 2.20. The predicted octanol–water partition coefficient (Wildman–Crippen LogP) is 0.620. The summed E-state index contributed by atoms with van der Waals surface area (Å²) in [5.41, 5.74) is 6.43. The minimum absolute atomic E-state index is 0.0481.